The molecule has 0 atom stereocenters. The second-order valence-electron chi connectivity index (χ2n) is 6.10. The van der Waals surface area contributed by atoms with Crippen molar-refractivity contribution in [2.45, 2.75) is 37.8 Å². The third-order valence-electron chi connectivity index (χ3n) is 3.88. The molecule has 6 heteroatoms. The summed E-state index contributed by atoms with van der Waals surface area (Å²) in [6, 6.07) is 6.59. The minimum Gasteiger partial charge on any atom is -0.381 e. The first-order valence-electron chi connectivity index (χ1n) is 8.57. The van der Waals surface area contributed by atoms with Gasteiger partial charge in [0.15, 0.2) is 21.3 Å². The molecule has 0 saturated carbocycles. The second kappa shape index (κ2) is 8.65. The number of nitrogen functional groups attached to an aromatic ring is 1. The molecular weight excluding hydrogens is 358 g/mol. The van der Waals surface area contributed by atoms with Crippen molar-refractivity contribution >= 4 is 15.7 Å². The number of aromatic nitrogens is 2. The molecule has 0 aliphatic heterocycles. The first-order valence-corrected chi connectivity index (χ1v) is 10.1. The van der Waals surface area contributed by atoms with E-state index in [0.717, 1.165) is 11.1 Å². The van der Waals surface area contributed by atoms with E-state index in [4.69, 9.17) is 5.73 Å². The van der Waals surface area contributed by atoms with Crippen LogP contribution in [0.5, 0.6) is 0 Å². The second-order valence-corrected chi connectivity index (χ2v) is 8.61. The van der Waals surface area contributed by atoms with Gasteiger partial charge in [-0.3, -0.25) is 0 Å². The molecule has 27 heavy (non-hydrogen) atoms. The van der Waals surface area contributed by atoms with Gasteiger partial charge in [0.05, 0.1) is 22.0 Å². The Bertz CT molecular complexity index is 1040. The zero-order valence-electron chi connectivity index (χ0n) is 15.9. The lowest BCUT2D eigenvalue weighted by Crippen LogP contribution is -2.13. The van der Waals surface area contributed by atoms with Gasteiger partial charge in [-0.1, -0.05) is 36.3 Å². The highest BCUT2D eigenvalue weighted by molar-refractivity contribution is 7.92. The molecule has 0 unspecified atom stereocenters. The average molecular weight is 382 g/mol. The van der Waals surface area contributed by atoms with Crippen molar-refractivity contribution < 1.29 is 8.42 Å². The molecule has 1 aromatic carbocycles. The molecule has 140 valence electrons. The third-order valence-corrected chi connectivity index (χ3v) is 6.05. The van der Waals surface area contributed by atoms with E-state index in [2.05, 4.69) is 21.8 Å². The molecule has 0 aliphatic carbocycles. The van der Waals surface area contributed by atoms with Crippen LogP contribution in [-0.4, -0.2) is 23.6 Å². The zero-order chi connectivity index (χ0) is 20.0. The Balaban J connectivity index is 2.40. The quantitative estimate of drug-likeness (QED) is 0.643. The summed E-state index contributed by atoms with van der Waals surface area (Å²) in [6.07, 6.45) is 7.25. The molecule has 0 radical (unpaired) electrons. The van der Waals surface area contributed by atoms with E-state index in [1.807, 2.05) is 32.1 Å². The summed E-state index contributed by atoms with van der Waals surface area (Å²) in [5.74, 6) is 6.21. The Labute approximate surface area is 161 Å². The Morgan fingerprint density at radius 2 is 1.85 bits per heavy atom. The summed E-state index contributed by atoms with van der Waals surface area (Å²) in [5, 5.41) is -0.473. The first-order chi connectivity index (χ1) is 12.8. The molecule has 2 rings (SSSR count). The number of allylic oxidation sites excluding steroid dienone is 4. The van der Waals surface area contributed by atoms with Crippen LogP contribution >= 0.6 is 0 Å². The van der Waals surface area contributed by atoms with E-state index in [1.54, 1.807) is 44.3 Å². The van der Waals surface area contributed by atoms with Gasteiger partial charge in [0.1, 0.15) is 0 Å². The monoisotopic (exact) mass is 381 g/mol. The standard InChI is InChI=1S/C21H23N3O2S/c1-5-7-16(6-2)8-13-19-21(22)23-14-20(24-19)17-9-11-18(12-10-17)27(25,26)15(3)4/h5-7,9-12,14-15H,1-4H3,(H2,22,23)/b7-5-,16-6+. The predicted molar refractivity (Wildman–Crippen MR) is 110 cm³/mol. The van der Waals surface area contributed by atoms with Crippen LogP contribution in [0, 0.1) is 11.8 Å². The van der Waals surface area contributed by atoms with Gasteiger partial charge in [0, 0.05) is 11.1 Å². The van der Waals surface area contributed by atoms with E-state index >= 15 is 0 Å². The van der Waals surface area contributed by atoms with E-state index in [1.165, 1.54) is 0 Å². The molecule has 2 aromatic rings. The molecule has 0 aliphatic rings. The first kappa shape index (κ1) is 20.4. The van der Waals surface area contributed by atoms with E-state index in [-0.39, 0.29) is 10.7 Å². The van der Waals surface area contributed by atoms with Crippen LogP contribution in [0.1, 0.15) is 33.4 Å². The summed E-state index contributed by atoms with van der Waals surface area (Å²) < 4.78 is 24.5. The van der Waals surface area contributed by atoms with Gasteiger partial charge in [-0.2, -0.15) is 0 Å². The average Bonchev–Trinajstić information content (AvgIpc) is 2.66. The highest BCUT2D eigenvalue weighted by Crippen LogP contribution is 2.22. The van der Waals surface area contributed by atoms with Gasteiger partial charge in [-0.25, -0.2) is 18.4 Å². The summed E-state index contributed by atoms with van der Waals surface area (Å²) in [5.41, 5.74) is 8.45. The van der Waals surface area contributed by atoms with Gasteiger partial charge < -0.3 is 5.73 Å². The Morgan fingerprint density at radius 3 is 2.41 bits per heavy atom. The maximum atomic E-state index is 12.2. The number of rotatable bonds is 4. The smallest absolute Gasteiger partial charge is 0.180 e. The molecular formula is C21H23N3O2S. The van der Waals surface area contributed by atoms with Gasteiger partial charge in [0.25, 0.3) is 0 Å². The van der Waals surface area contributed by atoms with Crippen LogP contribution in [-0.2, 0) is 9.84 Å². The minimum absolute atomic E-state index is 0.251. The lowest BCUT2D eigenvalue weighted by Gasteiger charge is -2.08. The molecule has 0 fully saturated rings. The molecule has 1 heterocycles. The lowest BCUT2D eigenvalue weighted by molar-refractivity contribution is 0.587. The molecule has 0 spiro atoms. The molecule has 0 bridgehead atoms. The van der Waals surface area contributed by atoms with Gasteiger partial charge in [-0.05, 0) is 45.7 Å². The molecule has 1 aromatic heterocycles. The van der Waals surface area contributed by atoms with E-state index < -0.39 is 15.1 Å². The van der Waals surface area contributed by atoms with Crippen LogP contribution in [0.25, 0.3) is 11.3 Å². The topological polar surface area (TPSA) is 85.9 Å². The van der Waals surface area contributed by atoms with Crippen LogP contribution in [0.15, 0.2) is 59.2 Å². The maximum absolute atomic E-state index is 12.2. The SMILES string of the molecule is C/C=C\C(C#Cc1nc(-c2ccc(S(=O)(=O)C(C)C)cc2)cnc1N)=C/C. The Hall–Kier alpha value is -2.91. The van der Waals surface area contributed by atoms with E-state index in [0.29, 0.717) is 11.4 Å². The lowest BCUT2D eigenvalue weighted by atomic mass is 10.1. The fraction of sp³-hybridized carbons (Fsp3) is 0.238. The normalized spacial score (nSPS) is 12.3. The number of nitrogens with zero attached hydrogens (tertiary/aromatic N) is 2. The Kier molecular flexibility index (Phi) is 6.54. The van der Waals surface area contributed by atoms with Crippen molar-refractivity contribution in [3.05, 3.63) is 60.0 Å². The predicted octanol–water partition coefficient (Wildman–Crippen LogP) is 3.78. The third kappa shape index (κ3) is 4.83. The minimum atomic E-state index is -3.31. The number of anilines is 1. The van der Waals surface area contributed by atoms with Crippen molar-refractivity contribution in [2.24, 2.45) is 0 Å². The summed E-state index contributed by atoms with van der Waals surface area (Å²) in [6.45, 7) is 7.14. The van der Waals surface area contributed by atoms with Gasteiger partial charge in [-0.15, -0.1) is 0 Å². The van der Waals surface area contributed by atoms with Crippen molar-refractivity contribution in [1.82, 2.24) is 9.97 Å². The highest BCUT2D eigenvalue weighted by atomic mass is 32.2. The molecule has 0 saturated heterocycles. The van der Waals surface area contributed by atoms with Gasteiger partial charge in [0.2, 0.25) is 0 Å². The highest BCUT2D eigenvalue weighted by Gasteiger charge is 2.19. The number of sulfone groups is 1. The van der Waals surface area contributed by atoms with Crippen molar-refractivity contribution in [2.75, 3.05) is 5.73 Å². The Morgan fingerprint density at radius 1 is 1.19 bits per heavy atom. The zero-order valence-corrected chi connectivity index (χ0v) is 16.7. The van der Waals surface area contributed by atoms with Gasteiger partial charge >= 0.3 is 0 Å². The maximum Gasteiger partial charge on any atom is 0.180 e. The summed E-state index contributed by atoms with van der Waals surface area (Å²) in [7, 11) is -3.31. The summed E-state index contributed by atoms with van der Waals surface area (Å²) >= 11 is 0. The number of hydrogen-bond donors (Lipinski definition) is 1. The van der Waals surface area contributed by atoms with Crippen molar-refractivity contribution in [1.29, 1.82) is 0 Å². The number of hydrogen-bond acceptors (Lipinski definition) is 5. The fourth-order valence-corrected chi connectivity index (χ4v) is 3.30. The van der Waals surface area contributed by atoms with Crippen molar-refractivity contribution in [3.63, 3.8) is 0 Å². The largest absolute Gasteiger partial charge is 0.381 e. The van der Waals surface area contributed by atoms with Crippen LogP contribution in [0.3, 0.4) is 0 Å². The van der Waals surface area contributed by atoms with E-state index in [9.17, 15) is 8.42 Å². The number of benzene rings is 1. The summed E-state index contributed by atoms with van der Waals surface area (Å²) in [4.78, 5) is 8.92. The van der Waals surface area contributed by atoms with Crippen LogP contribution in [0.4, 0.5) is 5.82 Å². The fourth-order valence-electron chi connectivity index (χ4n) is 2.24. The molecule has 5 nitrogen and oxygen atoms in total. The number of nitrogens with two attached hydrogens (primary N) is 1. The van der Waals surface area contributed by atoms with Crippen molar-refractivity contribution in [3.8, 4) is 23.1 Å². The molecule has 2 N–H and O–H groups in total. The van der Waals surface area contributed by atoms with Crippen LogP contribution < -0.4 is 5.73 Å². The molecule has 0 amide bonds. The van der Waals surface area contributed by atoms with Crippen LogP contribution in [0.2, 0.25) is 0 Å².